The molecule has 1 aromatic heterocycles. The standard InChI is InChI=1S/C13H15NS2/c1-2-15-11-7-5-10(6-8-11)13(14)12-4-3-9-16-12/h3-9,13H,2,14H2,1H3/t13-/m1/s1. The molecule has 0 radical (unpaired) electrons. The van der Waals surface area contributed by atoms with Crippen molar-refractivity contribution in [3.8, 4) is 0 Å². The van der Waals surface area contributed by atoms with Gasteiger partial charge in [-0.3, -0.25) is 0 Å². The van der Waals surface area contributed by atoms with E-state index in [4.69, 9.17) is 5.73 Å². The van der Waals surface area contributed by atoms with Crippen LogP contribution in [0.5, 0.6) is 0 Å². The van der Waals surface area contributed by atoms with Crippen molar-refractivity contribution in [2.75, 3.05) is 5.75 Å². The van der Waals surface area contributed by atoms with Gasteiger partial charge in [-0.1, -0.05) is 25.1 Å². The molecule has 2 rings (SSSR count). The van der Waals surface area contributed by atoms with Gasteiger partial charge in [0.25, 0.3) is 0 Å². The maximum atomic E-state index is 6.19. The zero-order chi connectivity index (χ0) is 11.4. The van der Waals surface area contributed by atoms with E-state index in [1.807, 2.05) is 17.8 Å². The predicted octanol–water partition coefficient (Wildman–Crippen LogP) is 3.91. The molecule has 84 valence electrons. The van der Waals surface area contributed by atoms with Crippen LogP contribution in [-0.2, 0) is 0 Å². The summed E-state index contributed by atoms with van der Waals surface area (Å²) in [5, 5.41) is 2.07. The third kappa shape index (κ3) is 2.67. The van der Waals surface area contributed by atoms with Crippen LogP contribution >= 0.6 is 23.1 Å². The first-order valence-electron chi connectivity index (χ1n) is 5.33. The molecule has 0 fully saturated rings. The molecule has 16 heavy (non-hydrogen) atoms. The van der Waals surface area contributed by atoms with Gasteiger partial charge in [0.1, 0.15) is 0 Å². The van der Waals surface area contributed by atoms with E-state index in [0.717, 1.165) is 5.75 Å². The molecule has 0 aliphatic carbocycles. The zero-order valence-electron chi connectivity index (χ0n) is 9.22. The fraction of sp³-hybridized carbons (Fsp3) is 0.231. The molecule has 1 nitrogen and oxygen atoms in total. The Morgan fingerprint density at radius 1 is 1.25 bits per heavy atom. The van der Waals surface area contributed by atoms with Gasteiger partial charge in [-0.15, -0.1) is 23.1 Å². The van der Waals surface area contributed by atoms with Crippen molar-refractivity contribution in [3.63, 3.8) is 0 Å². The lowest BCUT2D eigenvalue weighted by Gasteiger charge is -2.10. The third-order valence-corrected chi connectivity index (χ3v) is 4.25. The van der Waals surface area contributed by atoms with Crippen molar-refractivity contribution < 1.29 is 0 Å². The fourth-order valence-corrected chi connectivity index (χ4v) is 2.99. The summed E-state index contributed by atoms with van der Waals surface area (Å²) in [6.45, 7) is 2.16. The van der Waals surface area contributed by atoms with Crippen molar-refractivity contribution in [3.05, 3.63) is 52.2 Å². The fourth-order valence-electron chi connectivity index (χ4n) is 1.57. The van der Waals surface area contributed by atoms with Gasteiger partial charge in [-0.25, -0.2) is 0 Å². The first-order chi connectivity index (χ1) is 7.81. The molecular weight excluding hydrogens is 234 g/mol. The van der Waals surface area contributed by atoms with Crippen LogP contribution in [0.1, 0.15) is 23.4 Å². The Morgan fingerprint density at radius 2 is 2.00 bits per heavy atom. The minimum absolute atomic E-state index is 0.0145. The highest BCUT2D eigenvalue weighted by molar-refractivity contribution is 7.99. The smallest absolute Gasteiger partial charge is 0.0646 e. The van der Waals surface area contributed by atoms with Gasteiger partial charge in [-0.05, 0) is 34.9 Å². The molecule has 2 N–H and O–H groups in total. The van der Waals surface area contributed by atoms with Crippen LogP contribution in [0.4, 0.5) is 0 Å². The van der Waals surface area contributed by atoms with E-state index in [-0.39, 0.29) is 6.04 Å². The van der Waals surface area contributed by atoms with Gasteiger partial charge in [-0.2, -0.15) is 0 Å². The van der Waals surface area contributed by atoms with Crippen LogP contribution in [-0.4, -0.2) is 5.75 Å². The number of thiophene rings is 1. The van der Waals surface area contributed by atoms with Gasteiger partial charge in [0.2, 0.25) is 0 Å². The Morgan fingerprint density at radius 3 is 2.56 bits per heavy atom. The lowest BCUT2D eigenvalue weighted by molar-refractivity contribution is 0.891. The molecule has 3 heteroatoms. The molecule has 2 aromatic rings. The molecule has 0 saturated heterocycles. The molecule has 1 heterocycles. The van der Waals surface area contributed by atoms with Crippen molar-refractivity contribution in [2.24, 2.45) is 5.73 Å². The maximum Gasteiger partial charge on any atom is 0.0646 e. The summed E-state index contributed by atoms with van der Waals surface area (Å²) in [6.07, 6.45) is 0. The van der Waals surface area contributed by atoms with Crippen LogP contribution in [0, 0.1) is 0 Å². The Hall–Kier alpha value is -0.770. The largest absolute Gasteiger partial charge is 0.320 e. The maximum absolute atomic E-state index is 6.19. The van der Waals surface area contributed by atoms with Crippen LogP contribution in [0.15, 0.2) is 46.7 Å². The number of rotatable bonds is 4. The molecule has 1 aromatic carbocycles. The molecule has 0 unspecified atom stereocenters. The van der Waals surface area contributed by atoms with Crippen LogP contribution < -0.4 is 5.73 Å². The van der Waals surface area contributed by atoms with Gasteiger partial charge < -0.3 is 5.73 Å². The summed E-state index contributed by atoms with van der Waals surface area (Å²) in [4.78, 5) is 2.53. The predicted molar refractivity (Wildman–Crippen MR) is 73.2 cm³/mol. The average Bonchev–Trinajstić information content (AvgIpc) is 2.83. The highest BCUT2D eigenvalue weighted by Gasteiger charge is 2.09. The molecule has 1 atom stereocenters. The van der Waals surface area contributed by atoms with Crippen molar-refractivity contribution in [1.82, 2.24) is 0 Å². The SMILES string of the molecule is CCSc1ccc([C@@H](N)c2cccs2)cc1. The van der Waals surface area contributed by atoms with Gasteiger partial charge in [0, 0.05) is 9.77 Å². The monoisotopic (exact) mass is 249 g/mol. The quantitative estimate of drug-likeness (QED) is 0.831. The van der Waals surface area contributed by atoms with E-state index in [2.05, 4.69) is 42.6 Å². The molecule has 0 aliphatic heterocycles. The molecule has 0 saturated carbocycles. The molecule has 0 amide bonds. The highest BCUT2D eigenvalue weighted by atomic mass is 32.2. The van der Waals surface area contributed by atoms with E-state index >= 15 is 0 Å². The average molecular weight is 249 g/mol. The number of hydrogen-bond donors (Lipinski definition) is 1. The lowest BCUT2D eigenvalue weighted by Crippen LogP contribution is -2.09. The summed E-state index contributed by atoms with van der Waals surface area (Å²) >= 11 is 3.57. The van der Waals surface area contributed by atoms with Crippen molar-refractivity contribution in [1.29, 1.82) is 0 Å². The van der Waals surface area contributed by atoms with Gasteiger partial charge in [0.05, 0.1) is 6.04 Å². The third-order valence-electron chi connectivity index (χ3n) is 2.40. The Labute approximate surface area is 105 Å². The Bertz CT molecular complexity index is 420. The summed E-state index contributed by atoms with van der Waals surface area (Å²) in [5.74, 6) is 1.11. The second-order valence-electron chi connectivity index (χ2n) is 3.50. The van der Waals surface area contributed by atoms with Gasteiger partial charge >= 0.3 is 0 Å². The number of nitrogens with two attached hydrogens (primary N) is 1. The van der Waals surface area contributed by atoms with E-state index < -0.39 is 0 Å². The minimum atomic E-state index is 0.0145. The first-order valence-corrected chi connectivity index (χ1v) is 7.19. The van der Waals surface area contributed by atoms with E-state index in [1.54, 1.807) is 11.3 Å². The zero-order valence-corrected chi connectivity index (χ0v) is 10.9. The highest BCUT2D eigenvalue weighted by Crippen LogP contribution is 2.25. The minimum Gasteiger partial charge on any atom is -0.320 e. The second-order valence-corrected chi connectivity index (χ2v) is 5.81. The van der Waals surface area contributed by atoms with Crippen LogP contribution in [0.2, 0.25) is 0 Å². The van der Waals surface area contributed by atoms with Crippen molar-refractivity contribution in [2.45, 2.75) is 17.9 Å². The summed E-state index contributed by atoms with van der Waals surface area (Å²) in [5.41, 5.74) is 7.37. The lowest BCUT2D eigenvalue weighted by atomic mass is 10.1. The molecule has 0 aliphatic rings. The van der Waals surface area contributed by atoms with Crippen LogP contribution in [0.25, 0.3) is 0 Å². The first kappa shape index (κ1) is 11.7. The Kier molecular flexibility index (Phi) is 4.04. The summed E-state index contributed by atoms with van der Waals surface area (Å²) < 4.78 is 0. The summed E-state index contributed by atoms with van der Waals surface area (Å²) in [6, 6.07) is 12.7. The topological polar surface area (TPSA) is 26.0 Å². The molecule has 0 spiro atoms. The van der Waals surface area contributed by atoms with Crippen molar-refractivity contribution >= 4 is 23.1 Å². The second kappa shape index (κ2) is 5.53. The van der Waals surface area contributed by atoms with E-state index in [9.17, 15) is 0 Å². The van der Waals surface area contributed by atoms with Crippen LogP contribution in [0.3, 0.4) is 0 Å². The van der Waals surface area contributed by atoms with E-state index in [0.29, 0.717) is 0 Å². The molecular formula is C13H15NS2. The summed E-state index contributed by atoms with van der Waals surface area (Å²) in [7, 11) is 0. The number of thioether (sulfide) groups is 1. The van der Waals surface area contributed by atoms with E-state index in [1.165, 1.54) is 15.3 Å². The number of hydrogen-bond acceptors (Lipinski definition) is 3. The number of benzene rings is 1. The van der Waals surface area contributed by atoms with Gasteiger partial charge in [0.15, 0.2) is 0 Å². The normalized spacial score (nSPS) is 12.6. The molecule has 0 bridgehead atoms. The Balaban J connectivity index is 2.15.